The molecule has 16 aromatic rings. The van der Waals surface area contributed by atoms with Gasteiger partial charge in [0.1, 0.15) is 6.10 Å². The van der Waals surface area contributed by atoms with E-state index < -0.39 is 89.4 Å². The summed E-state index contributed by atoms with van der Waals surface area (Å²) in [4.78, 5) is 152. The topological polar surface area (TPSA) is 619 Å². The molecule has 0 aromatic carbocycles. The van der Waals surface area contributed by atoms with Crippen LogP contribution in [0, 0.1) is 58.9 Å². The summed E-state index contributed by atoms with van der Waals surface area (Å²) in [7, 11) is 0. The monoisotopic (exact) mass is 1940 g/mol. The van der Waals surface area contributed by atoms with Crippen molar-refractivity contribution >= 4 is 138 Å². The third kappa shape index (κ3) is 28.8. The van der Waals surface area contributed by atoms with Crippen molar-refractivity contribution in [1.29, 1.82) is 0 Å². The van der Waals surface area contributed by atoms with Gasteiger partial charge in [0, 0.05) is 13.1 Å². The highest BCUT2D eigenvalue weighted by molar-refractivity contribution is 6.04. The SMILES string of the molecule is CC(C)(C)COC(=O)c1noc2ncc(F)nc12.CC(C)COC(=O)c1noc2ncc(F)nc12.CC(C)OC(=O)c1noc2ncc(F)nc12.CCCCCCOC(=O)c1noc2ncc(F)nc12.CCCCOC(=O)c1noc2ncc(F)nc12.CCN(CC)C(=O)c1noc2ncc(F)nc12.CCOC(=O)c1noc2ncc(F)nc12.O=C(OC1CCCCC1)c1noc2ncc(F)nc12. The number of nitrogens with zero attached hydrogens (tertiary/aromatic N) is 25. The van der Waals surface area contributed by atoms with Crippen LogP contribution in [0.25, 0.3) is 89.8 Å². The second-order valence-corrected chi connectivity index (χ2v) is 30.2. The Hall–Kier alpha value is -16.4. The first-order valence-electron chi connectivity index (χ1n) is 41.9. The van der Waals surface area contributed by atoms with Gasteiger partial charge in [0.15, 0.2) is 49.8 Å². The van der Waals surface area contributed by atoms with Crippen molar-refractivity contribution in [3.63, 3.8) is 0 Å². The largest absolute Gasteiger partial charge is 0.461 e. The molecule has 0 unspecified atom stereocenters. The lowest BCUT2D eigenvalue weighted by molar-refractivity contribution is 0.0200. The summed E-state index contributed by atoms with van der Waals surface area (Å²) in [6.45, 7) is 24.6. The Balaban J connectivity index is 0.000000163. The second kappa shape index (κ2) is 49.5. The van der Waals surface area contributed by atoms with Gasteiger partial charge in [0.05, 0.1) is 88.7 Å². The van der Waals surface area contributed by atoms with Gasteiger partial charge in [-0.3, -0.25) is 4.79 Å². The summed E-state index contributed by atoms with van der Waals surface area (Å²) in [6, 6.07) is 0. The molecule has 730 valence electrons. The van der Waals surface area contributed by atoms with E-state index in [9.17, 15) is 73.5 Å². The fourth-order valence-corrected chi connectivity index (χ4v) is 11.1. The molecule has 0 bridgehead atoms. The van der Waals surface area contributed by atoms with E-state index in [1.165, 1.54) is 0 Å². The molecule has 1 aliphatic rings. The highest BCUT2D eigenvalue weighted by Crippen LogP contribution is 2.27. The van der Waals surface area contributed by atoms with E-state index >= 15 is 0 Å². The van der Waals surface area contributed by atoms with Crippen molar-refractivity contribution in [2.75, 3.05) is 46.1 Å². The normalized spacial score (nSPS) is 11.8. The molecule has 0 radical (unpaired) electrons. The van der Waals surface area contributed by atoms with Gasteiger partial charge in [-0.05, 0) is 84.5 Å². The van der Waals surface area contributed by atoms with Gasteiger partial charge in [0.25, 0.3) is 51.6 Å². The number of rotatable bonds is 24. The number of fused-ring (bicyclic) bond motifs is 8. The molecule has 0 aliphatic heterocycles. The quantitative estimate of drug-likeness (QED) is 0.0235. The number of carbonyl (C=O) groups is 8. The molecule has 1 amide bonds. The molecule has 0 spiro atoms. The maximum Gasteiger partial charge on any atom is 0.363 e. The second-order valence-electron chi connectivity index (χ2n) is 30.2. The Morgan fingerprint density at radius 1 is 0.348 bits per heavy atom. The summed E-state index contributed by atoms with van der Waals surface area (Å²) in [6.07, 6.45) is 17.3. The molecule has 16 heterocycles. The molecule has 1 aliphatic carbocycles. The highest BCUT2D eigenvalue weighted by atomic mass is 19.2. The van der Waals surface area contributed by atoms with Crippen LogP contribution < -0.4 is 0 Å². The summed E-state index contributed by atoms with van der Waals surface area (Å²) in [5.41, 5.74) is -1.26. The zero-order chi connectivity index (χ0) is 99.9. The molecule has 0 saturated heterocycles. The number of hydrogen-bond donors (Lipinski definition) is 0. The van der Waals surface area contributed by atoms with Crippen LogP contribution >= 0.6 is 0 Å². The first-order chi connectivity index (χ1) is 66.1. The Labute approximate surface area is 769 Å². The summed E-state index contributed by atoms with van der Waals surface area (Å²) < 4.78 is 176. The van der Waals surface area contributed by atoms with Crippen LogP contribution in [0.1, 0.15) is 238 Å². The number of ether oxygens (including phenoxy) is 7. The number of halogens is 8. The van der Waals surface area contributed by atoms with Crippen molar-refractivity contribution in [1.82, 2.24) is 126 Å². The van der Waals surface area contributed by atoms with Crippen molar-refractivity contribution in [3.8, 4) is 0 Å². The summed E-state index contributed by atoms with van der Waals surface area (Å²) >= 11 is 0. The molecule has 0 atom stereocenters. The minimum Gasteiger partial charge on any atom is -0.461 e. The molecule has 16 aromatic heterocycles. The Bertz CT molecular complexity index is 6880. The van der Waals surface area contributed by atoms with Crippen LogP contribution in [0.4, 0.5) is 35.1 Å². The van der Waals surface area contributed by atoms with Crippen LogP contribution in [0.5, 0.6) is 0 Å². The fraction of sp³-hybridized carbons (Fsp3) is 0.415. The summed E-state index contributed by atoms with van der Waals surface area (Å²) in [5, 5.41) is 28.0. The maximum atomic E-state index is 13.0. The molecule has 0 N–H and O–H groups in total. The van der Waals surface area contributed by atoms with E-state index in [1.807, 2.05) is 55.4 Å². The van der Waals surface area contributed by atoms with Crippen molar-refractivity contribution in [2.24, 2.45) is 11.3 Å². The van der Waals surface area contributed by atoms with Gasteiger partial charge in [-0.1, -0.05) is 122 Å². The van der Waals surface area contributed by atoms with Crippen molar-refractivity contribution in [2.45, 2.75) is 166 Å². The minimum absolute atomic E-state index is 0.000506. The molecule has 1 saturated carbocycles. The molecule has 56 heteroatoms. The Morgan fingerprint density at radius 3 is 0.913 bits per heavy atom. The van der Waals surface area contributed by atoms with E-state index in [4.69, 9.17) is 60.1 Å². The van der Waals surface area contributed by atoms with Gasteiger partial charge in [-0.25, -0.2) is 113 Å². The third-order valence-corrected chi connectivity index (χ3v) is 17.5. The smallest absolute Gasteiger partial charge is 0.363 e. The van der Waals surface area contributed by atoms with Gasteiger partial charge in [-0.15, -0.1) is 0 Å². The predicted molar refractivity (Wildman–Crippen MR) is 447 cm³/mol. The number of amides is 1. The van der Waals surface area contributed by atoms with Gasteiger partial charge in [0.2, 0.25) is 87.4 Å². The Kier molecular flexibility index (Phi) is 37.2. The van der Waals surface area contributed by atoms with E-state index in [-0.39, 0.29) is 191 Å². The van der Waals surface area contributed by atoms with Crippen LogP contribution in [-0.4, -0.2) is 232 Å². The van der Waals surface area contributed by atoms with Gasteiger partial charge < -0.3 is 74.2 Å². The number of hydrogen-bond acceptors (Lipinski definition) is 47. The van der Waals surface area contributed by atoms with E-state index in [0.29, 0.717) is 19.7 Å². The predicted octanol–water partition coefficient (Wildman–Crippen LogP) is 13.5. The average Bonchev–Trinajstić information content (AvgIpc) is 1.59. The number of unbranched alkanes of at least 4 members (excludes halogenated alkanes) is 4. The van der Waals surface area contributed by atoms with Crippen LogP contribution in [0.15, 0.2) is 85.8 Å². The fourth-order valence-electron chi connectivity index (χ4n) is 11.1. The maximum absolute atomic E-state index is 13.0. The lowest BCUT2D eigenvalue weighted by Gasteiger charge is -2.21. The first kappa shape index (κ1) is 104. The van der Waals surface area contributed by atoms with Crippen LogP contribution in [-0.2, 0) is 33.2 Å². The van der Waals surface area contributed by atoms with E-state index in [2.05, 4.69) is 137 Å². The standard InChI is InChI=1S/C12H12FN3O3.C12H14FN3O3.C11H12FN3O3.C10H11FN4O2.2C10H10FN3O3.C9H8FN3O3.C8H6FN3O3/c13-8-6-14-11-9(15-8)10(16-19-11)12(17)18-7-4-2-1-3-5-7;1-2-3-4-5-6-18-12(17)10-9-11(19-16-10)14-7-8(13)15-9;1-11(2,3)5-17-10(16)8-7-9(18-15-8)13-4-6(12)14-7;1-3-15(4-2)10(16)8-7-9(17-14-8)12-5-6(11)13-7;1-5(2)4-16-10(15)8-7-9(17-14-8)12-3-6(11)13-7;1-2-3-4-16-10(15)8-7-9(17-14-8)12-5-6(11)13-7;1-4(2)15-9(14)7-6-8(16-13-7)11-3-5(10)12-6;1-2-14-8(13)6-5-7(15-12-6)10-3-4(9)11-5/h6-7H,1-5H2;7H,2-6H2,1H3;4H,5H2,1-3H3;5H,3-4H2,1-2H3;3,5H,4H2,1-2H3;5H,2-4H2,1H3;3-4H,1-2H3;3H,2H2,1H3. The molecular formula is C82H83F8N25O23. The molecular weight excluding hydrogens is 1860 g/mol. The summed E-state index contributed by atoms with van der Waals surface area (Å²) in [5.74, 6) is -11.4. The zero-order valence-electron chi connectivity index (χ0n) is 75.2. The van der Waals surface area contributed by atoms with Crippen molar-refractivity contribution in [3.05, 3.63) is 143 Å². The molecule has 48 nitrogen and oxygen atoms in total. The zero-order valence-corrected chi connectivity index (χ0v) is 75.2. The average molecular weight is 1940 g/mol. The number of carbonyl (C=O) groups excluding carboxylic acids is 8. The molecule has 138 heavy (non-hydrogen) atoms. The third-order valence-electron chi connectivity index (χ3n) is 17.5. The molecule has 17 rings (SSSR count). The van der Waals surface area contributed by atoms with Gasteiger partial charge in [-0.2, -0.15) is 35.1 Å². The van der Waals surface area contributed by atoms with Crippen LogP contribution in [0.3, 0.4) is 0 Å². The first-order valence-corrected chi connectivity index (χ1v) is 41.9. The number of esters is 7. The lowest BCUT2D eigenvalue weighted by atomic mass is 9.98. The van der Waals surface area contributed by atoms with E-state index in [1.54, 1.807) is 25.7 Å². The lowest BCUT2D eigenvalue weighted by Crippen LogP contribution is -2.30. The van der Waals surface area contributed by atoms with Crippen LogP contribution in [0.2, 0.25) is 0 Å². The van der Waals surface area contributed by atoms with Gasteiger partial charge >= 0.3 is 41.8 Å². The minimum atomic E-state index is -0.811. The highest BCUT2D eigenvalue weighted by Gasteiger charge is 2.31. The Morgan fingerprint density at radius 2 is 0.623 bits per heavy atom. The molecule has 1 fully saturated rings. The van der Waals surface area contributed by atoms with Crippen molar-refractivity contribution < 1.29 is 143 Å². The van der Waals surface area contributed by atoms with E-state index in [0.717, 1.165) is 120 Å². The number of aromatic nitrogens is 24.